The van der Waals surface area contributed by atoms with E-state index in [1.807, 2.05) is 0 Å². The number of piperidine rings is 1. The molecular formula is C15H17F2N3O2. The van der Waals surface area contributed by atoms with Crippen molar-refractivity contribution in [2.45, 2.75) is 18.8 Å². The number of benzene rings is 1. The van der Waals surface area contributed by atoms with E-state index in [1.54, 1.807) is 4.90 Å². The molecule has 118 valence electrons. The van der Waals surface area contributed by atoms with E-state index in [9.17, 15) is 18.4 Å². The van der Waals surface area contributed by atoms with Gasteiger partial charge in [0.2, 0.25) is 11.8 Å². The Hall–Kier alpha value is -2.02. The van der Waals surface area contributed by atoms with Gasteiger partial charge in [0, 0.05) is 44.2 Å². The molecular weight excluding hydrogens is 292 g/mol. The summed E-state index contributed by atoms with van der Waals surface area (Å²) in [5.41, 5.74) is 0.233. The minimum absolute atomic E-state index is 0.0152. The number of halogens is 2. The highest BCUT2D eigenvalue weighted by molar-refractivity contribution is 6.01. The van der Waals surface area contributed by atoms with Crippen LogP contribution >= 0.6 is 0 Å². The van der Waals surface area contributed by atoms with E-state index in [4.69, 9.17) is 0 Å². The maximum absolute atomic E-state index is 14.4. The molecule has 2 saturated heterocycles. The van der Waals surface area contributed by atoms with Crippen LogP contribution in [0.15, 0.2) is 12.1 Å². The third-order valence-corrected chi connectivity index (χ3v) is 4.14. The van der Waals surface area contributed by atoms with Gasteiger partial charge in [0.1, 0.15) is 11.6 Å². The molecule has 0 radical (unpaired) electrons. The van der Waals surface area contributed by atoms with Crippen LogP contribution in [0, 0.1) is 11.6 Å². The van der Waals surface area contributed by atoms with Gasteiger partial charge in [-0.05, 0) is 12.5 Å². The molecule has 3 rings (SSSR count). The maximum Gasteiger partial charge on any atom is 0.234 e. The number of piperazine rings is 1. The number of hydrogen-bond donors (Lipinski definition) is 2. The quantitative estimate of drug-likeness (QED) is 0.797. The first-order valence-electron chi connectivity index (χ1n) is 7.34. The monoisotopic (exact) mass is 309 g/mol. The van der Waals surface area contributed by atoms with Crippen molar-refractivity contribution in [2.24, 2.45) is 0 Å². The van der Waals surface area contributed by atoms with Crippen LogP contribution in [0.1, 0.15) is 24.3 Å². The van der Waals surface area contributed by atoms with Gasteiger partial charge < -0.3 is 10.2 Å². The molecule has 22 heavy (non-hydrogen) atoms. The van der Waals surface area contributed by atoms with Crippen LogP contribution in [0.3, 0.4) is 0 Å². The number of rotatable bonds is 2. The Kier molecular flexibility index (Phi) is 4.06. The molecule has 2 heterocycles. The van der Waals surface area contributed by atoms with Crippen molar-refractivity contribution in [1.82, 2.24) is 10.6 Å². The average Bonchev–Trinajstić information content (AvgIpc) is 2.50. The van der Waals surface area contributed by atoms with Gasteiger partial charge >= 0.3 is 0 Å². The molecule has 1 aromatic carbocycles. The van der Waals surface area contributed by atoms with Gasteiger partial charge in [0.25, 0.3) is 0 Å². The van der Waals surface area contributed by atoms with E-state index < -0.39 is 23.5 Å². The van der Waals surface area contributed by atoms with Gasteiger partial charge in [-0.3, -0.25) is 14.9 Å². The van der Waals surface area contributed by atoms with Gasteiger partial charge in [0.05, 0.1) is 11.6 Å². The van der Waals surface area contributed by atoms with Crippen molar-refractivity contribution in [3.8, 4) is 0 Å². The van der Waals surface area contributed by atoms with Crippen molar-refractivity contribution < 1.29 is 18.4 Å². The predicted octanol–water partition coefficient (Wildman–Crippen LogP) is 0.895. The zero-order valence-electron chi connectivity index (χ0n) is 12.0. The molecule has 0 aromatic heterocycles. The number of imide groups is 1. The lowest BCUT2D eigenvalue weighted by atomic mass is 9.90. The summed E-state index contributed by atoms with van der Waals surface area (Å²) in [5.74, 6) is -2.90. The van der Waals surface area contributed by atoms with Crippen LogP contribution in [0.2, 0.25) is 0 Å². The fourth-order valence-corrected chi connectivity index (χ4v) is 2.96. The predicted molar refractivity (Wildman–Crippen MR) is 76.6 cm³/mol. The van der Waals surface area contributed by atoms with Crippen LogP contribution < -0.4 is 15.5 Å². The van der Waals surface area contributed by atoms with Gasteiger partial charge in [-0.25, -0.2) is 8.78 Å². The van der Waals surface area contributed by atoms with E-state index in [0.29, 0.717) is 13.1 Å². The van der Waals surface area contributed by atoms with E-state index >= 15 is 0 Å². The van der Waals surface area contributed by atoms with Crippen LogP contribution in [-0.2, 0) is 9.59 Å². The van der Waals surface area contributed by atoms with Crippen LogP contribution in [0.4, 0.5) is 14.5 Å². The molecule has 1 aromatic rings. The number of hydrogen-bond acceptors (Lipinski definition) is 4. The Morgan fingerprint density at radius 3 is 2.50 bits per heavy atom. The molecule has 0 bridgehead atoms. The lowest BCUT2D eigenvalue weighted by Crippen LogP contribution is -2.44. The largest absolute Gasteiger partial charge is 0.367 e. The number of anilines is 1. The molecule has 2 fully saturated rings. The number of carbonyl (C=O) groups excluding carboxylic acids is 2. The number of nitrogens with one attached hydrogen (secondary N) is 2. The van der Waals surface area contributed by atoms with Gasteiger partial charge in [0.15, 0.2) is 0 Å². The number of carbonyl (C=O) groups is 2. The minimum Gasteiger partial charge on any atom is -0.367 e. The summed E-state index contributed by atoms with van der Waals surface area (Å²) < 4.78 is 28.7. The molecule has 2 amide bonds. The summed E-state index contributed by atoms with van der Waals surface area (Å²) in [6.07, 6.45) is 0.338. The summed E-state index contributed by atoms with van der Waals surface area (Å²) >= 11 is 0. The maximum atomic E-state index is 14.4. The topological polar surface area (TPSA) is 61.4 Å². The first-order chi connectivity index (χ1) is 10.6. The second-order valence-corrected chi connectivity index (χ2v) is 5.57. The highest BCUT2D eigenvalue weighted by Crippen LogP contribution is 2.31. The molecule has 2 N–H and O–H groups in total. The van der Waals surface area contributed by atoms with Gasteiger partial charge in [-0.15, -0.1) is 0 Å². The number of amides is 2. The molecule has 1 unspecified atom stereocenters. The summed E-state index contributed by atoms with van der Waals surface area (Å²) in [4.78, 5) is 24.7. The summed E-state index contributed by atoms with van der Waals surface area (Å²) in [7, 11) is 0. The first kappa shape index (κ1) is 14.9. The molecule has 2 aliphatic heterocycles. The molecule has 0 aliphatic carbocycles. The van der Waals surface area contributed by atoms with Crippen LogP contribution in [0.25, 0.3) is 0 Å². The second kappa shape index (κ2) is 6.00. The Bertz CT molecular complexity index is 615. The molecule has 0 saturated carbocycles. The second-order valence-electron chi connectivity index (χ2n) is 5.57. The molecule has 2 aliphatic rings. The fourth-order valence-electron chi connectivity index (χ4n) is 2.96. The SMILES string of the molecule is O=C1CCC(c2cc(F)c(N3CCNCC3)cc2F)C(=O)N1. The van der Waals surface area contributed by atoms with E-state index in [1.165, 1.54) is 0 Å². The third-order valence-electron chi connectivity index (χ3n) is 4.14. The summed E-state index contributed by atoms with van der Waals surface area (Å²) in [6.45, 7) is 2.65. The van der Waals surface area contributed by atoms with Crippen molar-refractivity contribution in [3.05, 3.63) is 29.3 Å². The van der Waals surface area contributed by atoms with Crippen molar-refractivity contribution in [1.29, 1.82) is 0 Å². The normalized spacial score (nSPS) is 22.6. The average molecular weight is 309 g/mol. The Labute approximate surface area is 126 Å². The molecule has 7 heteroatoms. The lowest BCUT2D eigenvalue weighted by molar-refractivity contribution is -0.134. The van der Waals surface area contributed by atoms with Gasteiger partial charge in [-0.2, -0.15) is 0 Å². The summed E-state index contributed by atoms with van der Waals surface area (Å²) in [5, 5.41) is 5.32. The zero-order valence-corrected chi connectivity index (χ0v) is 12.0. The van der Waals surface area contributed by atoms with Crippen LogP contribution in [-0.4, -0.2) is 38.0 Å². The first-order valence-corrected chi connectivity index (χ1v) is 7.34. The van der Waals surface area contributed by atoms with Crippen molar-refractivity contribution in [3.63, 3.8) is 0 Å². The smallest absolute Gasteiger partial charge is 0.234 e. The van der Waals surface area contributed by atoms with E-state index in [0.717, 1.165) is 25.2 Å². The standard InChI is InChI=1S/C15H17F2N3O2/c16-11-8-13(20-5-3-18-4-6-20)12(17)7-10(11)9-1-2-14(21)19-15(9)22/h7-9,18H,1-6H2,(H,19,21,22). The molecule has 5 nitrogen and oxygen atoms in total. The number of nitrogens with zero attached hydrogens (tertiary/aromatic N) is 1. The highest BCUT2D eigenvalue weighted by Gasteiger charge is 2.31. The van der Waals surface area contributed by atoms with E-state index in [2.05, 4.69) is 10.6 Å². The van der Waals surface area contributed by atoms with E-state index in [-0.39, 0.29) is 30.0 Å². The van der Waals surface area contributed by atoms with Crippen molar-refractivity contribution >= 4 is 17.5 Å². The summed E-state index contributed by atoms with van der Waals surface area (Å²) in [6, 6.07) is 2.24. The lowest BCUT2D eigenvalue weighted by Gasteiger charge is -2.30. The Balaban J connectivity index is 1.89. The third kappa shape index (κ3) is 2.81. The Morgan fingerprint density at radius 1 is 1.09 bits per heavy atom. The Morgan fingerprint density at radius 2 is 1.82 bits per heavy atom. The fraction of sp³-hybridized carbons (Fsp3) is 0.467. The minimum atomic E-state index is -0.815. The van der Waals surface area contributed by atoms with Gasteiger partial charge in [-0.1, -0.05) is 0 Å². The van der Waals surface area contributed by atoms with Crippen molar-refractivity contribution in [2.75, 3.05) is 31.1 Å². The molecule has 1 atom stereocenters. The van der Waals surface area contributed by atoms with Crippen LogP contribution in [0.5, 0.6) is 0 Å². The zero-order chi connectivity index (χ0) is 15.7. The molecule has 0 spiro atoms. The highest BCUT2D eigenvalue weighted by atomic mass is 19.1.